The molecule has 1 fully saturated rings. The third kappa shape index (κ3) is 5.76. The van der Waals surface area contributed by atoms with Crippen LogP contribution in [0, 0.1) is 5.92 Å². The standard InChI is InChI=1S/C20H30N2O3/c1-4-25-17-10-8-16(9-11-17)14-18(23)21-19(15(2)3)20(24)22-12-6-5-7-13-22/h8-11,15,19H,4-7,12-14H2,1-3H3,(H,21,23)/t19-/m1/s1. The minimum absolute atomic E-state index is 0.0507. The number of ether oxygens (including phenoxy) is 1. The number of likely N-dealkylation sites (tertiary alicyclic amines) is 1. The number of rotatable bonds is 7. The van der Waals surface area contributed by atoms with Crippen molar-refractivity contribution >= 4 is 11.8 Å². The first-order chi connectivity index (χ1) is 12.0. The predicted molar refractivity (Wildman–Crippen MR) is 98.5 cm³/mol. The quantitative estimate of drug-likeness (QED) is 0.826. The van der Waals surface area contributed by atoms with Crippen LogP contribution < -0.4 is 10.1 Å². The first-order valence-corrected chi connectivity index (χ1v) is 9.31. The minimum Gasteiger partial charge on any atom is -0.494 e. The Morgan fingerprint density at radius 3 is 2.32 bits per heavy atom. The van der Waals surface area contributed by atoms with Crippen LogP contribution in [0.4, 0.5) is 0 Å². The highest BCUT2D eigenvalue weighted by molar-refractivity contribution is 5.88. The maximum Gasteiger partial charge on any atom is 0.245 e. The maximum absolute atomic E-state index is 12.7. The molecule has 1 aliphatic heterocycles. The number of amides is 2. The van der Waals surface area contributed by atoms with Gasteiger partial charge in [0.05, 0.1) is 13.0 Å². The Kier molecular flexibility index (Phi) is 7.29. The summed E-state index contributed by atoms with van der Waals surface area (Å²) in [5, 5.41) is 2.94. The van der Waals surface area contributed by atoms with Gasteiger partial charge in [-0.2, -0.15) is 0 Å². The topological polar surface area (TPSA) is 58.6 Å². The summed E-state index contributed by atoms with van der Waals surface area (Å²) in [5.74, 6) is 0.800. The molecule has 2 amide bonds. The van der Waals surface area contributed by atoms with Gasteiger partial charge >= 0.3 is 0 Å². The third-order valence-electron chi connectivity index (χ3n) is 4.52. The molecule has 0 radical (unpaired) electrons. The van der Waals surface area contributed by atoms with Gasteiger partial charge in [0.15, 0.2) is 0 Å². The Morgan fingerprint density at radius 2 is 1.76 bits per heavy atom. The number of carbonyl (C=O) groups excluding carboxylic acids is 2. The van der Waals surface area contributed by atoms with E-state index >= 15 is 0 Å². The second-order valence-corrected chi connectivity index (χ2v) is 6.93. The van der Waals surface area contributed by atoms with Gasteiger partial charge in [0.2, 0.25) is 11.8 Å². The van der Waals surface area contributed by atoms with Crippen molar-refractivity contribution in [3.05, 3.63) is 29.8 Å². The zero-order valence-corrected chi connectivity index (χ0v) is 15.6. The molecule has 1 heterocycles. The lowest BCUT2D eigenvalue weighted by molar-refractivity contribution is -0.138. The van der Waals surface area contributed by atoms with Gasteiger partial charge in [-0.05, 0) is 49.8 Å². The van der Waals surface area contributed by atoms with E-state index in [-0.39, 0.29) is 24.2 Å². The van der Waals surface area contributed by atoms with E-state index < -0.39 is 6.04 Å². The van der Waals surface area contributed by atoms with E-state index in [9.17, 15) is 9.59 Å². The van der Waals surface area contributed by atoms with Crippen molar-refractivity contribution in [3.63, 3.8) is 0 Å². The molecule has 0 aromatic heterocycles. The number of benzene rings is 1. The van der Waals surface area contributed by atoms with Crippen molar-refractivity contribution in [3.8, 4) is 5.75 Å². The first kappa shape index (κ1) is 19.3. The summed E-state index contributed by atoms with van der Waals surface area (Å²) in [5.41, 5.74) is 0.911. The Balaban J connectivity index is 1.93. The lowest BCUT2D eigenvalue weighted by atomic mass is 10.0. The van der Waals surface area contributed by atoms with Crippen LogP contribution in [-0.2, 0) is 16.0 Å². The van der Waals surface area contributed by atoms with Crippen LogP contribution in [0.25, 0.3) is 0 Å². The summed E-state index contributed by atoms with van der Waals surface area (Å²) >= 11 is 0. The molecule has 0 bridgehead atoms. The number of carbonyl (C=O) groups is 2. The average Bonchev–Trinajstić information content (AvgIpc) is 2.61. The molecule has 1 aromatic rings. The molecule has 0 aliphatic carbocycles. The van der Waals surface area contributed by atoms with Gasteiger partial charge in [-0.1, -0.05) is 26.0 Å². The van der Waals surface area contributed by atoms with Crippen LogP contribution in [0.15, 0.2) is 24.3 Å². The van der Waals surface area contributed by atoms with E-state index in [4.69, 9.17) is 4.74 Å². The average molecular weight is 346 g/mol. The Labute approximate surface area is 150 Å². The van der Waals surface area contributed by atoms with Gasteiger partial charge < -0.3 is 15.0 Å². The van der Waals surface area contributed by atoms with E-state index in [1.165, 1.54) is 6.42 Å². The number of hydrogen-bond donors (Lipinski definition) is 1. The number of piperidine rings is 1. The molecule has 1 aromatic carbocycles. The van der Waals surface area contributed by atoms with Crippen LogP contribution >= 0.6 is 0 Å². The van der Waals surface area contributed by atoms with E-state index in [0.29, 0.717) is 6.61 Å². The molecule has 138 valence electrons. The van der Waals surface area contributed by atoms with Gasteiger partial charge in [0.1, 0.15) is 11.8 Å². The van der Waals surface area contributed by atoms with Crippen LogP contribution in [0.2, 0.25) is 0 Å². The van der Waals surface area contributed by atoms with Gasteiger partial charge in [0.25, 0.3) is 0 Å². The molecule has 0 unspecified atom stereocenters. The normalized spacial score (nSPS) is 15.8. The highest BCUT2D eigenvalue weighted by atomic mass is 16.5. The summed E-state index contributed by atoms with van der Waals surface area (Å²) in [6.07, 6.45) is 3.55. The van der Waals surface area contributed by atoms with Crippen molar-refractivity contribution < 1.29 is 14.3 Å². The van der Waals surface area contributed by atoms with Crippen molar-refractivity contribution in [2.24, 2.45) is 5.92 Å². The smallest absolute Gasteiger partial charge is 0.245 e. The van der Waals surface area contributed by atoms with Crippen LogP contribution in [0.3, 0.4) is 0 Å². The number of nitrogens with one attached hydrogen (secondary N) is 1. The Morgan fingerprint density at radius 1 is 1.12 bits per heavy atom. The van der Waals surface area contributed by atoms with Crippen LogP contribution in [0.5, 0.6) is 5.75 Å². The molecule has 2 rings (SSSR count). The SMILES string of the molecule is CCOc1ccc(CC(=O)N[C@@H](C(=O)N2CCCCC2)C(C)C)cc1. The molecule has 5 nitrogen and oxygen atoms in total. The molecule has 1 saturated heterocycles. The lowest BCUT2D eigenvalue weighted by Crippen LogP contribution is -2.52. The zero-order valence-electron chi connectivity index (χ0n) is 15.6. The second kappa shape index (κ2) is 9.44. The number of hydrogen-bond acceptors (Lipinski definition) is 3. The Bertz CT molecular complexity index is 563. The molecule has 0 saturated carbocycles. The fraction of sp³-hybridized carbons (Fsp3) is 0.600. The molecule has 0 spiro atoms. The highest BCUT2D eigenvalue weighted by Gasteiger charge is 2.29. The second-order valence-electron chi connectivity index (χ2n) is 6.93. The van der Waals surface area contributed by atoms with E-state index in [0.717, 1.165) is 37.2 Å². The largest absolute Gasteiger partial charge is 0.494 e. The monoisotopic (exact) mass is 346 g/mol. The predicted octanol–water partition coefficient (Wildman–Crippen LogP) is 2.78. The van der Waals surface area contributed by atoms with Crippen LogP contribution in [0.1, 0.15) is 45.6 Å². The van der Waals surface area contributed by atoms with Crippen molar-refractivity contribution in [2.45, 2.75) is 52.5 Å². The van der Waals surface area contributed by atoms with E-state index in [1.54, 1.807) is 0 Å². The van der Waals surface area contributed by atoms with Crippen molar-refractivity contribution in [1.82, 2.24) is 10.2 Å². The van der Waals surface area contributed by atoms with Crippen molar-refractivity contribution in [2.75, 3.05) is 19.7 Å². The fourth-order valence-corrected chi connectivity index (χ4v) is 3.10. The summed E-state index contributed by atoms with van der Waals surface area (Å²) in [7, 11) is 0. The Hall–Kier alpha value is -2.04. The fourth-order valence-electron chi connectivity index (χ4n) is 3.10. The third-order valence-corrected chi connectivity index (χ3v) is 4.52. The van der Waals surface area contributed by atoms with Crippen molar-refractivity contribution in [1.29, 1.82) is 0 Å². The lowest BCUT2D eigenvalue weighted by Gasteiger charge is -2.32. The summed E-state index contributed by atoms with van der Waals surface area (Å²) in [4.78, 5) is 27.0. The number of nitrogens with zero attached hydrogens (tertiary/aromatic N) is 1. The van der Waals surface area contributed by atoms with Crippen LogP contribution in [-0.4, -0.2) is 42.5 Å². The van der Waals surface area contributed by atoms with Gasteiger partial charge in [-0.3, -0.25) is 9.59 Å². The minimum atomic E-state index is -0.451. The van der Waals surface area contributed by atoms with E-state index in [1.807, 2.05) is 49.9 Å². The van der Waals surface area contributed by atoms with E-state index in [2.05, 4.69) is 5.32 Å². The maximum atomic E-state index is 12.7. The molecule has 5 heteroatoms. The molecular weight excluding hydrogens is 316 g/mol. The molecule has 1 N–H and O–H groups in total. The zero-order chi connectivity index (χ0) is 18.2. The molecule has 1 aliphatic rings. The summed E-state index contributed by atoms with van der Waals surface area (Å²) in [6.45, 7) is 8.11. The summed E-state index contributed by atoms with van der Waals surface area (Å²) in [6, 6.07) is 7.06. The molecule has 1 atom stereocenters. The van der Waals surface area contributed by atoms with Gasteiger partial charge in [0, 0.05) is 13.1 Å². The molecular formula is C20H30N2O3. The molecule has 25 heavy (non-hydrogen) atoms. The van der Waals surface area contributed by atoms with Gasteiger partial charge in [-0.15, -0.1) is 0 Å². The van der Waals surface area contributed by atoms with Gasteiger partial charge in [-0.25, -0.2) is 0 Å². The highest BCUT2D eigenvalue weighted by Crippen LogP contribution is 2.15. The first-order valence-electron chi connectivity index (χ1n) is 9.31. The summed E-state index contributed by atoms with van der Waals surface area (Å²) < 4.78 is 5.41.